The van der Waals surface area contributed by atoms with E-state index in [0.717, 1.165) is 0 Å². The third kappa shape index (κ3) is 4.89. The first-order valence-electron chi connectivity index (χ1n) is 8.00. The zero-order valence-electron chi connectivity index (χ0n) is 15.5. The van der Waals surface area contributed by atoms with Crippen molar-refractivity contribution >= 4 is 21.6 Å². The number of amides is 1. The van der Waals surface area contributed by atoms with E-state index in [4.69, 9.17) is 14.2 Å². The average molecular weight is 394 g/mol. The van der Waals surface area contributed by atoms with Gasteiger partial charge in [0.05, 0.1) is 38.0 Å². The third-order valence-corrected chi connectivity index (χ3v) is 5.29. The van der Waals surface area contributed by atoms with Crippen LogP contribution in [0.5, 0.6) is 17.2 Å². The molecule has 0 aromatic heterocycles. The molecule has 0 saturated carbocycles. The van der Waals surface area contributed by atoms with E-state index in [1.165, 1.54) is 46.5 Å². The molecule has 0 spiro atoms. The highest BCUT2D eigenvalue weighted by Gasteiger charge is 2.24. The van der Waals surface area contributed by atoms with Crippen LogP contribution in [0, 0.1) is 0 Å². The fourth-order valence-corrected chi connectivity index (χ4v) is 3.54. The number of benzene rings is 2. The molecule has 0 fully saturated rings. The molecular formula is C18H22N2O6S. The highest BCUT2D eigenvalue weighted by Crippen LogP contribution is 2.29. The van der Waals surface area contributed by atoms with E-state index in [0.29, 0.717) is 17.2 Å². The standard InChI is InChI=1S/C18H22N2O6S/c1-12(18(21)19-14-7-5-6-8-15(14)24-2)20-27(22,23)13-9-10-16(25-3)17(11-13)26-4/h5-12,20H,1-4H3,(H,19,21)/t12-/m1/s1. The Hall–Kier alpha value is -2.78. The predicted octanol–water partition coefficient (Wildman–Crippen LogP) is 2.02. The summed E-state index contributed by atoms with van der Waals surface area (Å²) in [6.45, 7) is 1.45. The molecule has 9 heteroatoms. The molecule has 0 aliphatic rings. The maximum Gasteiger partial charge on any atom is 0.242 e. The highest BCUT2D eigenvalue weighted by atomic mass is 32.2. The Bertz CT molecular complexity index is 914. The van der Waals surface area contributed by atoms with Crippen molar-refractivity contribution in [2.45, 2.75) is 17.9 Å². The Morgan fingerprint density at radius 1 is 0.926 bits per heavy atom. The molecule has 1 atom stereocenters. The van der Waals surface area contributed by atoms with Crippen LogP contribution in [0.25, 0.3) is 0 Å². The zero-order valence-corrected chi connectivity index (χ0v) is 16.3. The Balaban J connectivity index is 2.16. The molecule has 2 aromatic rings. The summed E-state index contributed by atoms with van der Waals surface area (Å²) in [6.07, 6.45) is 0. The molecular weight excluding hydrogens is 372 g/mol. The second-order valence-electron chi connectivity index (χ2n) is 5.55. The lowest BCUT2D eigenvalue weighted by atomic mass is 10.2. The lowest BCUT2D eigenvalue weighted by Gasteiger charge is -2.16. The van der Waals surface area contributed by atoms with E-state index in [1.807, 2.05) is 0 Å². The van der Waals surface area contributed by atoms with Gasteiger partial charge in [0.25, 0.3) is 0 Å². The van der Waals surface area contributed by atoms with Gasteiger partial charge >= 0.3 is 0 Å². The molecule has 0 heterocycles. The summed E-state index contributed by atoms with van der Waals surface area (Å²) in [5.41, 5.74) is 0.446. The van der Waals surface area contributed by atoms with Crippen molar-refractivity contribution in [2.75, 3.05) is 26.6 Å². The molecule has 0 bridgehead atoms. The number of hydrogen-bond donors (Lipinski definition) is 2. The molecule has 0 saturated heterocycles. The first-order chi connectivity index (χ1) is 12.8. The Labute approximate surface area is 158 Å². The van der Waals surface area contributed by atoms with Crippen molar-refractivity contribution in [1.29, 1.82) is 0 Å². The molecule has 0 aliphatic carbocycles. The number of sulfonamides is 1. The van der Waals surface area contributed by atoms with Gasteiger partial charge in [-0.25, -0.2) is 8.42 Å². The molecule has 146 valence electrons. The van der Waals surface area contributed by atoms with E-state index >= 15 is 0 Å². The molecule has 0 radical (unpaired) electrons. The molecule has 2 rings (SSSR count). The smallest absolute Gasteiger partial charge is 0.242 e. The van der Waals surface area contributed by atoms with Crippen LogP contribution in [0.4, 0.5) is 5.69 Å². The van der Waals surface area contributed by atoms with Crippen LogP contribution in [-0.4, -0.2) is 41.7 Å². The summed E-state index contributed by atoms with van der Waals surface area (Å²) in [5, 5.41) is 2.64. The largest absolute Gasteiger partial charge is 0.495 e. The summed E-state index contributed by atoms with van der Waals surface area (Å²) in [6, 6.07) is 10.00. The van der Waals surface area contributed by atoms with Crippen LogP contribution in [0.15, 0.2) is 47.4 Å². The number of ether oxygens (including phenoxy) is 3. The fourth-order valence-electron chi connectivity index (χ4n) is 2.33. The van der Waals surface area contributed by atoms with E-state index in [2.05, 4.69) is 10.0 Å². The van der Waals surface area contributed by atoms with Gasteiger partial charge in [-0.1, -0.05) is 12.1 Å². The lowest BCUT2D eigenvalue weighted by molar-refractivity contribution is -0.117. The normalized spacial score (nSPS) is 12.1. The number of rotatable bonds is 8. The zero-order chi connectivity index (χ0) is 20.0. The van der Waals surface area contributed by atoms with Crippen LogP contribution in [0.3, 0.4) is 0 Å². The van der Waals surface area contributed by atoms with E-state index < -0.39 is 22.0 Å². The molecule has 1 amide bonds. The Morgan fingerprint density at radius 3 is 2.19 bits per heavy atom. The second-order valence-corrected chi connectivity index (χ2v) is 7.26. The van der Waals surface area contributed by atoms with E-state index in [9.17, 15) is 13.2 Å². The topological polar surface area (TPSA) is 103 Å². The van der Waals surface area contributed by atoms with E-state index in [1.54, 1.807) is 24.3 Å². The van der Waals surface area contributed by atoms with Crippen LogP contribution in [-0.2, 0) is 14.8 Å². The first kappa shape index (κ1) is 20.5. The fraction of sp³-hybridized carbons (Fsp3) is 0.278. The average Bonchev–Trinajstić information content (AvgIpc) is 2.67. The maximum absolute atomic E-state index is 12.6. The van der Waals surface area contributed by atoms with Crippen molar-refractivity contribution in [2.24, 2.45) is 0 Å². The quantitative estimate of drug-likeness (QED) is 0.710. The minimum Gasteiger partial charge on any atom is -0.495 e. The lowest BCUT2D eigenvalue weighted by Crippen LogP contribution is -2.41. The Kier molecular flexibility index (Phi) is 6.65. The Morgan fingerprint density at radius 2 is 1.56 bits per heavy atom. The van der Waals surface area contributed by atoms with Crippen molar-refractivity contribution in [3.8, 4) is 17.2 Å². The van der Waals surface area contributed by atoms with Gasteiger partial charge in [-0.15, -0.1) is 0 Å². The van der Waals surface area contributed by atoms with Crippen molar-refractivity contribution in [3.05, 3.63) is 42.5 Å². The highest BCUT2D eigenvalue weighted by molar-refractivity contribution is 7.89. The number of hydrogen-bond acceptors (Lipinski definition) is 6. The number of carbonyl (C=O) groups excluding carboxylic acids is 1. The molecule has 2 aromatic carbocycles. The van der Waals surface area contributed by atoms with Gasteiger partial charge in [0.2, 0.25) is 15.9 Å². The number of nitrogens with one attached hydrogen (secondary N) is 2. The summed E-state index contributed by atoms with van der Waals surface area (Å²) in [7, 11) is 0.393. The monoisotopic (exact) mass is 394 g/mol. The molecule has 8 nitrogen and oxygen atoms in total. The number of para-hydroxylation sites is 2. The van der Waals surface area contributed by atoms with E-state index in [-0.39, 0.29) is 10.6 Å². The van der Waals surface area contributed by atoms with Crippen LogP contribution in [0.1, 0.15) is 6.92 Å². The summed E-state index contributed by atoms with van der Waals surface area (Å²) >= 11 is 0. The van der Waals surface area contributed by atoms with Crippen molar-refractivity contribution < 1.29 is 27.4 Å². The third-order valence-electron chi connectivity index (χ3n) is 3.76. The minimum absolute atomic E-state index is 0.0444. The molecule has 0 aliphatic heterocycles. The number of methoxy groups -OCH3 is 3. The van der Waals surface area contributed by atoms with Gasteiger partial charge in [0, 0.05) is 6.07 Å². The van der Waals surface area contributed by atoms with Gasteiger partial charge in [0.15, 0.2) is 11.5 Å². The maximum atomic E-state index is 12.6. The SMILES string of the molecule is COc1ccccc1NC(=O)[C@@H](C)NS(=O)(=O)c1ccc(OC)c(OC)c1. The van der Waals surface area contributed by atoms with Crippen molar-refractivity contribution in [1.82, 2.24) is 4.72 Å². The first-order valence-corrected chi connectivity index (χ1v) is 9.49. The molecule has 2 N–H and O–H groups in total. The number of anilines is 1. The van der Waals surface area contributed by atoms with Crippen LogP contribution < -0.4 is 24.2 Å². The van der Waals surface area contributed by atoms with Crippen LogP contribution >= 0.6 is 0 Å². The minimum atomic E-state index is -3.95. The molecule has 27 heavy (non-hydrogen) atoms. The summed E-state index contributed by atoms with van der Waals surface area (Å²) < 4.78 is 42.9. The number of carbonyl (C=O) groups is 1. The van der Waals surface area contributed by atoms with Gasteiger partial charge in [-0.05, 0) is 31.2 Å². The van der Waals surface area contributed by atoms with Crippen molar-refractivity contribution in [3.63, 3.8) is 0 Å². The summed E-state index contributed by atoms with van der Waals surface area (Å²) in [5.74, 6) is 0.620. The van der Waals surface area contributed by atoms with Gasteiger partial charge < -0.3 is 19.5 Å². The van der Waals surface area contributed by atoms with Gasteiger partial charge in [0.1, 0.15) is 5.75 Å². The summed E-state index contributed by atoms with van der Waals surface area (Å²) in [4.78, 5) is 12.3. The molecule has 0 unspecified atom stereocenters. The van der Waals surface area contributed by atoms with Gasteiger partial charge in [-0.3, -0.25) is 4.79 Å². The second kappa shape index (κ2) is 8.74. The van der Waals surface area contributed by atoms with Crippen LogP contribution in [0.2, 0.25) is 0 Å². The van der Waals surface area contributed by atoms with Gasteiger partial charge in [-0.2, -0.15) is 4.72 Å². The predicted molar refractivity (Wildman–Crippen MR) is 101 cm³/mol.